The van der Waals surface area contributed by atoms with Gasteiger partial charge in [-0.1, -0.05) is 15.9 Å². The van der Waals surface area contributed by atoms with E-state index in [1.165, 1.54) is 16.7 Å². The minimum atomic E-state index is 0.761. The number of halogens is 1. The molecular weight excluding hydrogens is 370 g/mol. The maximum absolute atomic E-state index is 5.42. The van der Waals surface area contributed by atoms with E-state index in [9.17, 15) is 0 Å². The zero-order chi connectivity index (χ0) is 17.1. The van der Waals surface area contributed by atoms with Crippen molar-refractivity contribution in [2.24, 2.45) is 0 Å². The van der Waals surface area contributed by atoms with Crippen molar-refractivity contribution in [3.8, 4) is 17.2 Å². The maximum Gasteiger partial charge on any atom is 0.171 e. The molecule has 24 heavy (non-hydrogen) atoms. The van der Waals surface area contributed by atoms with Gasteiger partial charge in [-0.05, 0) is 35.9 Å². The monoisotopic (exact) mass is 390 g/mol. The van der Waals surface area contributed by atoms with Crippen LogP contribution in [0.1, 0.15) is 16.7 Å². The van der Waals surface area contributed by atoms with Gasteiger partial charge < -0.3 is 14.2 Å². The molecule has 0 aromatic heterocycles. The second-order valence-corrected chi connectivity index (χ2v) is 6.57. The first-order chi connectivity index (χ1) is 11.6. The summed E-state index contributed by atoms with van der Waals surface area (Å²) in [5, 5.41) is 0. The van der Waals surface area contributed by atoms with Crippen LogP contribution in [0.25, 0.3) is 0 Å². The van der Waals surface area contributed by atoms with E-state index in [1.807, 2.05) is 18.2 Å². The summed E-state index contributed by atoms with van der Waals surface area (Å²) in [6, 6.07) is 10.2. The second-order valence-electron chi connectivity index (χ2n) is 5.71. The van der Waals surface area contributed by atoms with Crippen LogP contribution >= 0.6 is 15.9 Å². The first-order valence-corrected chi connectivity index (χ1v) is 8.60. The summed E-state index contributed by atoms with van der Waals surface area (Å²) in [5.74, 6) is 2.42. The number of hydrogen-bond donors (Lipinski definition) is 0. The zero-order valence-electron chi connectivity index (χ0n) is 14.1. The molecule has 0 N–H and O–H groups in total. The quantitative estimate of drug-likeness (QED) is 0.729. The van der Waals surface area contributed by atoms with Gasteiger partial charge in [0.25, 0.3) is 0 Å². The van der Waals surface area contributed by atoms with Crippen LogP contribution in [0.3, 0.4) is 0 Å². The SMILES string of the molecule is COc1ccc(Br)c(C[N+]2=Cc3cc(OC)c(OC)cc3CC2)c1. The van der Waals surface area contributed by atoms with Crippen molar-refractivity contribution in [2.45, 2.75) is 13.0 Å². The lowest BCUT2D eigenvalue weighted by Gasteiger charge is -2.16. The highest BCUT2D eigenvalue weighted by Gasteiger charge is 2.20. The molecule has 0 saturated heterocycles. The Morgan fingerprint density at radius 3 is 2.46 bits per heavy atom. The summed E-state index contributed by atoms with van der Waals surface area (Å²) in [7, 11) is 5.03. The van der Waals surface area contributed by atoms with Crippen LogP contribution in [-0.2, 0) is 13.0 Å². The van der Waals surface area contributed by atoms with Gasteiger partial charge in [-0.25, -0.2) is 4.58 Å². The van der Waals surface area contributed by atoms with Crippen LogP contribution in [0.2, 0.25) is 0 Å². The molecule has 1 heterocycles. The Hall–Kier alpha value is -2.01. The average Bonchev–Trinajstić information content (AvgIpc) is 2.62. The smallest absolute Gasteiger partial charge is 0.171 e. The van der Waals surface area contributed by atoms with Gasteiger partial charge in [0, 0.05) is 22.0 Å². The van der Waals surface area contributed by atoms with Gasteiger partial charge in [0.05, 0.1) is 21.3 Å². The first-order valence-electron chi connectivity index (χ1n) is 7.81. The number of benzene rings is 2. The minimum absolute atomic E-state index is 0.761. The first kappa shape index (κ1) is 16.8. The number of methoxy groups -OCH3 is 3. The molecule has 0 amide bonds. The van der Waals surface area contributed by atoms with E-state index in [0.29, 0.717) is 0 Å². The predicted octanol–water partition coefficient (Wildman–Crippen LogP) is 3.66. The third-order valence-electron chi connectivity index (χ3n) is 4.26. The average molecular weight is 391 g/mol. The van der Waals surface area contributed by atoms with E-state index in [4.69, 9.17) is 14.2 Å². The molecular formula is C19H21BrNO3+. The fraction of sp³-hybridized carbons (Fsp3) is 0.316. The van der Waals surface area contributed by atoms with Crippen molar-refractivity contribution >= 4 is 22.1 Å². The number of ether oxygens (including phenoxy) is 3. The summed E-state index contributed by atoms with van der Waals surface area (Å²) < 4.78 is 19.5. The van der Waals surface area contributed by atoms with Gasteiger partial charge in [0.1, 0.15) is 12.3 Å². The van der Waals surface area contributed by atoms with E-state index in [2.05, 4.69) is 38.9 Å². The molecule has 5 heteroatoms. The standard InChI is InChI=1S/C19H21BrNO3/c1-22-16-4-5-17(20)15(8-16)12-21-7-6-13-9-18(23-2)19(24-3)10-14(13)11-21/h4-5,8-11H,6-7,12H2,1-3H3/q+1. The van der Waals surface area contributed by atoms with Crippen molar-refractivity contribution in [3.05, 3.63) is 51.5 Å². The van der Waals surface area contributed by atoms with Crippen molar-refractivity contribution < 1.29 is 18.8 Å². The Bertz CT molecular complexity index is 786. The molecule has 0 fully saturated rings. The number of rotatable bonds is 5. The lowest BCUT2D eigenvalue weighted by molar-refractivity contribution is -0.540. The molecule has 0 aliphatic carbocycles. The van der Waals surface area contributed by atoms with Crippen molar-refractivity contribution in [3.63, 3.8) is 0 Å². The fourth-order valence-corrected chi connectivity index (χ4v) is 3.31. The molecule has 1 aliphatic rings. The van der Waals surface area contributed by atoms with Crippen molar-refractivity contribution in [1.29, 1.82) is 0 Å². The largest absolute Gasteiger partial charge is 0.497 e. The third kappa shape index (κ3) is 3.41. The van der Waals surface area contributed by atoms with E-state index in [1.54, 1.807) is 21.3 Å². The molecule has 0 bridgehead atoms. The summed E-state index contributed by atoms with van der Waals surface area (Å²) in [4.78, 5) is 0. The van der Waals surface area contributed by atoms with Gasteiger partial charge >= 0.3 is 0 Å². The summed E-state index contributed by atoms with van der Waals surface area (Å²) in [6.07, 6.45) is 3.17. The van der Waals surface area contributed by atoms with E-state index < -0.39 is 0 Å². The lowest BCUT2D eigenvalue weighted by Crippen LogP contribution is -2.22. The lowest BCUT2D eigenvalue weighted by atomic mass is 10.0. The molecule has 2 aromatic carbocycles. The maximum atomic E-state index is 5.42. The van der Waals surface area contributed by atoms with Crippen LogP contribution in [0.4, 0.5) is 0 Å². The molecule has 0 radical (unpaired) electrons. The normalized spacial score (nSPS) is 13.1. The Morgan fingerprint density at radius 1 is 1.00 bits per heavy atom. The van der Waals surface area contributed by atoms with E-state index >= 15 is 0 Å². The summed E-state index contributed by atoms with van der Waals surface area (Å²) in [5.41, 5.74) is 3.67. The molecule has 4 nitrogen and oxygen atoms in total. The molecule has 126 valence electrons. The summed E-state index contributed by atoms with van der Waals surface area (Å²) in [6.45, 7) is 1.79. The van der Waals surface area contributed by atoms with Gasteiger partial charge in [-0.15, -0.1) is 0 Å². The topological polar surface area (TPSA) is 30.7 Å². The fourth-order valence-electron chi connectivity index (χ4n) is 2.94. The van der Waals surface area contributed by atoms with Gasteiger partial charge in [0.15, 0.2) is 24.3 Å². The van der Waals surface area contributed by atoms with Crippen LogP contribution in [-0.4, -0.2) is 38.7 Å². The van der Waals surface area contributed by atoms with Crippen LogP contribution in [0.5, 0.6) is 17.2 Å². The Kier molecular flexibility index (Phi) is 5.09. The van der Waals surface area contributed by atoms with Crippen LogP contribution < -0.4 is 14.2 Å². The minimum Gasteiger partial charge on any atom is -0.497 e. The predicted molar refractivity (Wildman–Crippen MR) is 97.9 cm³/mol. The number of nitrogens with zero attached hydrogens (tertiary/aromatic N) is 1. The summed E-state index contributed by atoms with van der Waals surface area (Å²) >= 11 is 3.63. The number of fused-ring (bicyclic) bond motifs is 1. The molecule has 0 unspecified atom stereocenters. The highest BCUT2D eigenvalue weighted by atomic mass is 79.9. The van der Waals surface area contributed by atoms with E-state index in [0.717, 1.165) is 41.2 Å². The molecule has 0 spiro atoms. The molecule has 3 rings (SSSR count). The van der Waals surface area contributed by atoms with E-state index in [-0.39, 0.29) is 0 Å². The van der Waals surface area contributed by atoms with Gasteiger partial charge in [-0.2, -0.15) is 0 Å². The van der Waals surface area contributed by atoms with Gasteiger partial charge in [-0.3, -0.25) is 0 Å². The third-order valence-corrected chi connectivity index (χ3v) is 5.04. The van der Waals surface area contributed by atoms with Crippen molar-refractivity contribution in [2.75, 3.05) is 27.9 Å². The molecule has 0 saturated carbocycles. The molecule has 2 aromatic rings. The van der Waals surface area contributed by atoms with Crippen LogP contribution in [0.15, 0.2) is 34.8 Å². The Morgan fingerprint density at radius 2 is 1.75 bits per heavy atom. The van der Waals surface area contributed by atoms with Crippen molar-refractivity contribution in [1.82, 2.24) is 0 Å². The highest BCUT2D eigenvalue weighted by Crippen LogP contribution is 2.31. The second kappa shape index (κ2) is 7.26. The highest BCUT2D eigenvalue weighted by molar-refractivity contribution is 9.10. The van der Waals surface area contributed by atoms with Crippen LogP contribution in [0, 0.1) is 0 Å². The van der Waals surface area contributed by atoms with Gasteiger partial charge in [0.2, 0.25) is 0 Å². The Balaban J connectivity index is 1.91. The zero-order valence-corrected chi connectivity index (χ0v) is 15.7. The number of hydrogen-bond acceptors (Lipinski definition) is 3. The molecule has 0 atom stereocenters. The molecule has 1 aliphatic heterocycles. The Labute approximate surface area is 150 Å².